The first-order valence-electron chi connectivity index (χ1n) is 11.3. The second-order valence-electron chi connectivity index (χ2n) is 9.63. The molecule has 1 aliphatic rings. The minimum atomic E-state index is -1.88. The van der Waals surface area contributed by atoms with Crippen molar-refractivity contribution >= 4 is 30.8 Å². The number of ether oxygens (including phenoxy) is 1. The van der Waals surface area contributed by atoms with E-state index in [1.165, 1.54) is 11.0 Å². The van der Waals surface area contributed by atoms with Crippen LogP contribution in [-0.4, -0.2) is 43.6 Å². The van der Waals surface area contributed by atoms with E-state index < -0.39 is 31.5 Å². The predicted octanol–water partition coefficient (Wildman–Crippen LogP) is 3.18. The summed E-state index contributed by atoms with van der Waals surface area (Å²) in [6.45, 7) is 6.79. The number of benzene rings is 2. The van der Waals surface area contributed by atoms with E-state index >= 15 is 0 Å². The molecule has 0 saturated heterocycles. The van der Waals surface area contributed by atoms with Crippen LogP contribution in [0.2, 0.25) is 19.6 Å². The zero-order valence-electron chi connectivity index (χ0n) is 20.1. The number of H-pyrrole nitrogens is 1. The fourth-order valence-corrected chi connectivity index (χ4v) is 5.75. The van der Waals surface area contributed by atoms with Gasteiger partial charge in [-0.15, -0.1) is 0 Å². The van der Waals surface area contributed by atoms with Crippen molar-refractivity contribution in [3.05, 3.63) is 81.1 Å². The van der Waals surface area contributed by atoms with Crippen LogP contribution >= 0.6 is 0 Å². The number of rotatable bonds is 6. The van der Waals surface area contributed by atoms with Crippen molar-refractivity contribution < 1.29 is 23.2 Å². The van der Waals surface area contributed by atoms with Gasteiger partial charge in [-0.1, -0.05) is 43.9 Å². The Hall–Kier alpha value is -3.50. The van der Waals surface area contributed by atoms with Gasteiger partial charge in [0.2, 0.25) is 5.76 Å². The molecule has 0 bridgehead atoms. The molecule has 184 valence electrons. The first kappa shape index (κ1) is 24.6. The third-order valence-electron chi connectivity index (χ3n) is 6.04. The number of halogens is 1. The molecule has 1 aromatic heterocycles. The van der Waals surface area contributed by atoms with Gasteiger partial charge < -0.3 is 19.5 Å². The fourth-order valence-electron chi connectivity index (χ4n) is 4.38. The third kappa shape index (κ3) is 5.13. The Balaban J connectivity index is 1.69. The molecule has 0 fully saturated rings. The Morgan fingerprint density at radius 3 is 2.60 bits per heavy atom. The highest BCUT2D eigenvalue weighted by Gasteiger charge is 2.38. The van der Waals surface area contributed by atoms with E-state index in [4.69, 9.17) is 9.26 Å². The molecule has 2 heterocycles. The van der Waals surface area contributed by atoms with E-state index in [0.29, 0.717) is 29.5 Å². The van der Waals surface area contributed by atoms with Crippen LogP contribution < -0.4 is 16.1 Å². The van der Waals surface area contributed by atoms with Crippen molar-refractivity contribution in [3.8, 4) is 0 Å². The molecule has 4 rings (SSSR count). The van der Waals surface area contributed by atoms with Crippen molar-refractivity contribution in [2.75, 3.05) is 19.0 Å². The van der Waals surface area contributed by atoms with E-state index in [1.54, 1.807) is 25.3 Å². The van der Waals surface area contributed by atoms with Crippen LogP contribution in [0.4, 0.5) is 10.1 Å². The maximum atomic E-state index is 14.8. The number of aromatic amines is 1. The van der Waals surface area contributed by atoms with E-state index in [-0.39, 0.29) is 18.1 Å². The van der Waals surface area contributed by atoms with Gasteiger partial charge in [0.15, 0.2) is 0 Å². The van der Waals surface area contributed by atoms with Gasteiger partial charge in [0.1, 0.15) is 11.9 Å². The first-order chi connectivity index (χ1) is 16.6. The summed E-state index contributed by atoms with van der Waals surface area (Å²) in [5.74, 6) is -1.62. The van der Waals surface area contributed by atoms with Crippen LogP contribution in [0, 0.1) is 5.82 Å². The van der Waals surface area contributed by atoms with Gasteiger partial charge in [-0.3, -0.25) is 14.4 Å². The predicted molar refractivity (Wildman–Crippen MR) is 132 cm³/mol. The number of anilines is 1. The largest absolute Gasteiger partial charge is 0.380 e. The molecule has 0 saturated carbocycles. The van der Waals surface area contributed by atoms with Crippen molar-refractivity contribution in [2.24, 2.45) is 0 Å². The van der Waals surface area contributed by atoms with E-state index in [0.717, 1.165) is 17.2 Å². The van der Waals surface area contributed by atoms with Gasteiger partial charge >= 0.3 is 0 Å². The standard InChI is InChI=1S/C25H28FN3O5Si/c1-33-14-15-5-7-18-16(11-15)9-10-29(25(32)20-13-22(30)28-34-20)23(18)24(31)27-17-6-8-21(19(26)12-17)35(2,3)4/h5-8,11-13,23H,9-10,14H2,1-4H3,(H,27,31)(H,28,30). The number of carbonyl (C=O) groups is 2. The molecule has 1 aliphatic heterocycles. The normalized spacial score (nSPS) is 15.6. The van der Waals surface area contributed by atoms with Crippen LogP contribution in [0.3, 0.4) is 0 Å². The molecular weight excluding hydrogens is 469 g/mol. The van der Waals surface area contributed by atoms with Gasteiger partial charge in [0.05, 0.1) is 20.7 Å². The molecule has 10 heteroatoms. The number of aromatic nitrogens is 1. The van der Waals surface area contributed by atoms with Crippen molar-refractivity contribution in [1.29, 1.82) is 0 Å². The van der Waals surface area contributed by atoms with Gasteiger partial charge in [-0.05, 0) is 40.4 Å². The summed E-state index contributed by atoms with van der Waals surface area (Å²) in [6, 6.07) is 10.4. The van der Waals surface area contributed by atoms with Gasteiger partial charge in [-0.2, -0.15) is 5.16 Å². The Morgan fingerprint density at radius 1 is 1.20 bits per heavy atom. The number of amides is 2. The van der Waals surface area contributed by atoms with Crippen molar-refractivity contribution in [2.45, 2.75) is 38.7 Å². The van der Waals surface area contributed by atoms with E-state index in [9.17, 15) is 18.8 Å². The first-order valence-corrected chi connectivity index (χ1v) is 14.8. The summed E-state index contributed by atoms with van der Waals surface area (Å²) >= 11 is 0. The average Bonchev–Trinajstić information content (AvgIpc) is 3.23. The highest BCUT2D eigenvalue weighted by molar-refractivity contribution is 6.88. The monoisotopic (exact) mass is 497 g/mol. The topological polar surface area (TPSA) is 105 Å². The highest BCUT2D eigenvalue weighted by atomic mass is 28.3. The number of nitrogens with zero attached hydrogens (tertiary/aromatic N) is 1. The summed E-state index contributed by atoms with van der Waals surface area (Å²) in [7, 11) is -0.279. The number of methoxy groups -OCH3 is 1. The molecular formula is C25H28FN3O5Si. The molecule has 1 atom stereocenters. The Bertz CT molecular complexity index is 1330. The lowest BCUT2D eigenvalue weighted by Crippen LogP contribution is -2.45. The molecule has 0 aliphatic carbocycles. The lowest BCUT2D eigenvalue weighted by atomic mass is 9.90. The van der Waals surface area contributed by atoms with Crippen molar-refractivity contribution in [1.82, 2.24) is 10.1 Å². The Morgan fingerprint density at radius 2 is 1.97 bits per heavy atom. The molecule has 2 amide bonds. The summed E-state index contributed by atoms with van der Waals surface area (Å²) in [6.07, 6.45) is 0.511. The average molecular weight is 498 g/mol. The highest BCUT2D eigenvalue weighted by Crippen LogP contribution is 2.33. The number of hydrogen-bond acceptors (Lipinski definition) is 5. The molecule has 8 nitrogen and oxygen atoms in total. The quantitative estimate of drug-likeness (QED) is 0.509. The maximum Gasteiger partial charge on any atom is 0.293 e. The number of hydrogen-bond donors (Lipinski definition) is 2. The SMILES string of the molecule is COCc1ccc2c(c1)CCN(C(=O)c1cc(=O)[nH]o1)C2C(=O)Nc1ccc([Si](C)(C)C)c(F)c1. The maximum absolute atomic E-state index is 14.8. The van der Waals surface area contributed by atoms with E-state index in [2.05, 4.69) is 10.5 Å². The molecule has 0 radical (unpaired) electrons. The third-order valence-corrected chi connectivity index (χ3v) is 8.06. The molecule has 0 spiro atoms. The summed E-state index contributed by atoms with van der Waals surface area (Å²) in [5.41, 5.74) is 2.27. The van der Waals surface area contributed by atoms with Crippen LogP contribution in [0.25, 0.3) is 0 Å². The zero-order valence-corrected chi connectivity index (χ0v) is 21.1. The number of fused-ring (bicyclic) bond motifs is 1. The summed E-state index contributed by atoms with van der Waals surface area (Å²) in [5, 5.41) is 5.55. The van der Waals surface area contributed by atoms with Crippen molar-refractivity contribution in [3.63, 3.8) is 0 Å². The molecule has 2 aromatic carbocycles. The Kier molecular flexibility index (Phi) is 6.77. The smallest absolute Gasteiger partial charge is 0.293 e. The summed E-state index contributed by atoms with van der Waals surface area (Å²) in [4.78, 5) is 39.6. The van der Waals surface area contributed by atoms with Gasteiger partial charge in [-0.25, -0.2) is 4.39 Å². The molecule has 3 aromatic rings. The zero-order chi connectivity index (χ0) is 25.3. The minimum Gasteiger partial charge on any atom is -0.380 e. The summed E-state index contributed by atoms with van der Waals surface area (Å²) < 4.78 is 25.0. The number of nitrogens with one attached hydrogen (secondary N) is 2. The van der Waals surface area contributed by atoms with Crippen LogP contribution in [-0.2, 0) is 22.6 Å². The number of carbonyl (C=O) groups excluding carboxylic acids is 2. The van der Waals surface area contributed by atoms with Gasteiger partial charge in [0.25, 0.3) is 17.4 Å². The second-order valence-corrected chi connectivity index (χ2v) is 14.7. The molecule has 35 heavy (non-hydrogen) atoms. The second kappa shape index (κ2) is 9.63. The minimum absolute atomic E-state index is 0.183. The van der Waals surface area contributed by atoms with E-state index in [1.807, 2.05) is 31.8 Å². The van der Waals surface area contributed by atoms with Crippen LogP contribution in [0.15, 0.2) is 51.8 Å². The molecule has 1 unspecified atom stereocenters. The lowest BCUT2D eigenvalue weighted by Gasteiger charge is -2.36. The Labute approximate surface area is 203 Å². The van der Waals surface area contributed by atoms with Gasteiger partial charge in [0, 0.05) is 19.3 Å². The van der Waals surface area contributed by atoms with Crippen LogP contribution in [0.1, 0.15) is 33.3 Å². The fraction of sp³-hybridized carbons (Fsp3) is 0.320. The lowest BCUT2D eigenvalue weighted by molar-refractivity contribution is -0.121. The molecule has 2 N–H and O–H groups in total. The van der Waals surface area contributed by atoms with Crippen LogP contribution in [0.5, 0.6) is 0 Å².